The van der Waals surface area contributed by atoms with Gasteiger partial charge in [-0.25, -0.2) is 4.79 Å². The van der Waals surface area contributed by atoms with Crippen LogP contribution in [-0.2, 0) is 4.74 Å². The van der Waals surface area contributed by atoms with E-state index in [1.807, 2.05) is 13.8 Å². The van der Waals surface area contributed by atoms with E-state index in [9.17, 15) is 4.79 Å². The highest BCUT2D eigenvalue weighted by molar-refractivity contribution is 5.88. The van der Waals surface area contributed by atoms with E-state index in [4.69, 9.17) is 5.84 Å². The van der Waals surface area contributed by atoms with Crippen molar-refractivity contribution in [3.05, 3.63) is 17.5 Å². The second kappa shape index (κ2) is 5.18. The fourth-order valence-electron chi connectivity index (χ4n) is 0.800. The van der Waals surface area contributed by atoms with Gasteiger partial charge in [-0.2, -0.15) is 9.89 Å². The van der Waals surface area contributed by atoms with Crippen LogP contribution in [0.25, 0.3) is 0 Å². The molecule has 0 saturated heterocycles. The van der Waals surface area contributed by atoms with Crippen molar-refractivity contribution in [2.24, 2.45) is 0 Å². The molecule has 0 saturated carbocycles. The first-order valence-corrected chi connectivity index (χ1v) is 4.05. The highest BCUT2D eigenvalue weighted by atomic mass is 16.5. The Kier molecular flexibility index (Phi) is 4.58. The predicted octanol–water partition coefficient (Wildman–Crippen LogP) is 0.718. The van der Waals surface area contributed by atoms with E-state index in [2.05, 4.69) is 9.84 Å². The monoisotopic (exact) mass is 185 g/mol. The molecule has 1 aromatic rings. The maximum atomic E-state index is 11.0. The number of rotatable bonds is 1. The Labute approximate surface area is 77.5 Å². The Morgan fingerprint density at radius 1 is 1.62 bits per heavy atom. The van der Waals surface area contributed by atoms with E-state index in [0.29, 0.717) is 5.56 Å². The molecule has 0 spiro atoms. The molecule has 1 heterocycles. The van der Waals surface area contributed by atoms with Crippen molar-refractivity contribution in [3.63, 3.8) is 0 Å². The fraction of sp³-hybridized carbons (Fsp3) is 0.500. The number of carbonyl (C=O) groups excluding carboxylic acids is 1. The molecule has 0 unspecified atom stereocenters. The van der Waals surface area contributed by atoms with Crippen LogP contribution in [0.4, 0.5) is 0 Å². The molecule has 0 aromatic carbocycles. The van der Waals surface area contributed by atoms with Crippen LogP contribution in [0.2, 0.25) is 0 Å². The van der Waals surface area contributed by atoms with Gasteiger partial charge in [-0.1, -0.05) is 13.8 Å². The smallest absolute Gasteiger partial charge is 0.358 e. The van der Waals surface area contributed by atoms with Gasteiger partial charge in [-0.05, 0) is 6.92 Å². The predicted molar refractivity (Wildman–Crippen MR) is 49.8 cm³/mol. The van der Waals surface area contributed by atoms with Crippen LogP contribution in [0.3, 0.4) is 0 Å². The molecule has 0 atom stereocenters. The van der Waals surface area contributed by atoms with E-state index >= 15 is 0 Å². The number of aryl methyl sites for hydroxylation is 1. The summed E-state index contributed by atoms with van der Waals surface area (Å²) in [7, 11) is 1.30. The molecule has 2 N–H and O–H groups in total. The number of nitrogens with zero attached hydrogens (tertiary/aromatic N) is 2. The first-order valence-electron chi connectivity index (χ1n) is 4.05. The van der Waals surface area contributed by atoms with Gasteiger partial charge in [0.1, 0.15) is 0 Å². The minimum absolute atomic E-state index is 0.285. The number of methoxy groups -OCH3 is 1. The Morgan fingerprint density at radius 3 is 2.46 bits per heavy atom. The molecule has 0 bridgehead atoms. The number of aromatic nitrogens is 2. The van der Waals surface area contributed by atoms with E-state index in [1.54, 1.807) is 6.92 Å². The van der Waals surface area contributed by atoms with Gasteiger partial charge in [0.15, 0.2) is 5.69 Å². The van der Waals surface area contributed by atoms with Crippen molar-refractivity contribution in [3.8, 4) is 0 Å². The zero-order chi connectivity index (χ0) is 10.4. The molecule has 0 aliphatic rings. The minimum Gasteiger partial charge on any atom is -0.464 e. The van der Waals surface area contributed by atoms with Crippen LogP contribution in [0.1, 0.15) is 29.9 Å². The van der Waals surface area contributed by atoms with Crippen molar-refractivity contribution >= 4 is 5.97 Å². The maximum absolute atomic E-state index is 11.0. The van der Waals surface area contributed by atoms with Crippen LogP contribution in [-0.4, -0.2) is 23.0 Å². The summed E-state index contributed by atoms with van der Waals surface area (Å²) in [4.78, 5) is 12.0. The molecule has 5 nitrogen and oxygen atoms in total. The minimum atomic E-state index is -0.470. The molecule has 13 heavy (non-hydrogen) atoms. The van der Waals surface area contributed by atoms with E-state index in [-0.39, 0.29) is 5.69 Å². The molecule has 0 aliphatic heterocycles. The lowest BCUT2D eigenvalue weighted by Crippen LogP contribution is -2.19. The number of hydrogen-bond donors (Lipinski definition) is 1. The zero-order valence-corrected chi connectivity index (χ0v) is 8.37. The van der Waals surface area contributed by atoms with E-state index in [1.165, 1.54) is 13.3 Å². The normalized spacial score (nSPS) is 8.62. The standard InChI is InChI=1S/C6H9N3O2.C2H6/c1-4-3-8-9(7)5(4)6(10)11-2;1-2/h3H,7H2,1-2H3;1-2H3. The molecule has 0 fully saturated rings. The number of esters is 1. The van der Waals surface area contributed by atoms with Gasteiger partial charge in [0, 0.05) is 5.56 Å². The Morgan fingerprint density at radius 2 is 2.15 bits per heavy atom. The largest absolute Gasteiger partial charge is 0.464 e. The topological polar surface area (TPSA) is 70.1 Å². The maximum Gasteiger partial charge on any atom is 0.358 e. The third kappa shape index (κ3) is 2.47. The molecule has 0 amide bonds. The summed E-state index contributed by atoms with van der Waals surface area (Å²) in [5.74, 6) is 4.85. The van der Waals surface area contributed by atoms with Crippen molar-refractivity contribution in [2.45, 2.75) is 20.8 Å². The molecule has 0 radical (unpaired) electrons. The molecule has 1 rings (SSSR count). The molecular formula is C8H15N3O2. The summed E-state index contributed by atoms with van der Waals surface area (Å²) in [6, 6.07) is 0. The summed E-state index contributed by atoms with van der Waals surface area (Å²) in [6.07, 6.45) is 1.51. The average Bonchev–Trinajstić information content (AvgIpc) is 2.49. The highest BCUT2D eigenvalue weighted by Gasteiger charge is 2.14. The van der Waals surface area contributed by atoms with Gasteiger partial charge in [-0.3, -0.25) is 0 Å². The summed E-state index contributed by atoms with van der Waals surface area (Å²) < 4.78 is 4.48. The molecule has 0 aliphatic carbocycles. The molecule has 1 aromatic heterocycles. The van der Waals surface area contributed by atoms with Gasteiger partial charge < -0.3 is 10.6 Å². The number of nitrogen functional groups attached to an aromatic ring is 1. The molecule has 74 valence electrons. The van der Waals surface area contributed by atoms with Crippen LogP contribution >= 0.6 is 0 Å². The third-order valence-electron chi connectivity index (χ3n) is 1.36. The number of hydrogen-bond acceptors (Lipinski definition) is 4. The highest BCUT2D eigenvalue weighted by Crippen LogP contribution is 2.04. The van der Waals surface area contributed by atoms with E-state index < -0.39 is 5.97 Å². The van der Waals surface area contributed by atoms with Crippen LogP contribution in [0.15, 0.2) is 6.20 Å². The number of ether oxygens (including phenoxy) is 1. The van der Waals surface area contributed by atoms with Gasteiger partial charge in [0.25, 0.3) is 0 Å². The Balaban J connectivity index is 0.000000671. The summed E-state index contributed by atoms with van der Waals surface area (Å²) >= 11 is 0. The quantitative estimate of drug-likeness (QED) is 0.517. The van der Waals surface area contributed by atoms with Gasteiger partial charge in [-0.15, -0.1) is 0 Å². The van der Waals surface area contributed by atoms with Gasteiger partial charge in [0.05, 0.1) is 13.3 Å². The third-order valence-corrected chi connectivity index (χ3v) is 1.36. The van der Waals surface area contributed by atoms with Crippen LogP contribution in [0, 0.1) is 6.92 Å². The number of carbonyl (C=O) groups is 1. The Bertz CT molecular complexity index is 261. The van der Waals surface area contributed by atoms with E-state index in [0.717, 1.165) is 4.79 Å². The van der Waals surface area contributed by atoms with Crippen LogP contribution in [0.5, 0.6) is 0 Å². The average molecular weight is 185 g/mol. The lowest BCUT2D eigenvalue weighted by atomic mass is 10.3. The zero-order valence-electron chi connectivity index (χ0n) is 8.37. The summed E-state index contributed by atoms with van der Waals surface area (Å²) in [6.45, 7) is 5.74. The lowest BCUT2D eigenvalue weighted by molar-refractivity contribution is 0.0588. The summed E-state index contributed by atoms with van der Waals surface area (Å²) in [5, 5.41) is 3.68. The van der Waals surface area contributed by atoms with Crippen molar-refractivity contribution < 1.29 is 9.53 Å². The fourth-order valence-corrected chi connectivity index (χ4v) is 0.800. The SMILES string of the molecule is CC.COC(=O)c1c(C)cnn1N. The van der Waals surface area contributed by atoms with Gasteiger partial charge in [0.2, 0.25) is 0 Å². The second-order valence-electron chi connectivity index (χ2n) is 2.11. The summed E-state index contributed by atoms with van der Waals surface area (Å²) in [5.41, 5.74) is 0.992. The van der Waals surface area contributed by atoms with Crippen molar-refractivity contribution in [1.82, 2.24) is 9.89 Å². The number of nitrogens with two attached hydrogens (primary N) is 1. The first kappa shape index (κ1) is 11.5. The second-order valence-corrected chi connectivity index (χ2v) is 2.11. The lowest BCUT2D eigenvalue weighted by Gasteiger charge is -1.99. The molecule has 5 heteroatoms. The van der Waals surface area contributed by atoms with Gasteiger partial charge >= 0.3 is 5.97 Å². The van der Waals surface area contributed by atoms with Crippen LogP contribution < -0.4 is 5.84 Å². The van der Waals surface area contributed by atoms with Crippen molar-refractivity contribution in [2.75, 3.05) is 13.0 Å². The molecular weight excluding hydrogens is 170 g/mol. The first-order chi connectivity index (χ1) is 6.16. The Hall–Kier alpha value is -1.52. The van der Waals surface area contributed by atoms with Crippen molar-refractivity contribution in [1.29, 1.82) is 0 Å².